The lowest BCUT2D eigenvalue weighted by Gasteiger charge is -2.34. The number of benzene rings is 14. The van der Waals surface area contributed by atoms with Gasteiger partial charge in [0, 0.05) is 51.2 Å². The molecule has 0 saturated carbocycles. The molecule has 1 aliphatic carbocycles. The van der Waals surface area contributed by atoms with E-state index in [4.69, 9.17) is 0 Å². The molecule has 416 valence electrons. The van der Waals surface area contributed by atoms with Crippen LogP contribution in [0.25, 0.3) is 55.6 Å². The van der Waals surface area contributed by atoms with Gasteiger partial charge in [-0.05, 0) is 181 Å². The quantitative estimate of drug-likeness (QED) is 0.101. The van der Waals surface area contributed by atoms with E-state index in [1.165, 1.54) is 72.3 Å². The lowest BCUT2D eigenvalue weighted by atomic mass is 9.67. The van der Waals surface area contributed by atoms with Gasteiger partial charge in [0.2, 0.25) is 0 Å². The van der Waals surface area contributed by atoms with Crippen molar-refractivity contribution in [3.05, 3.63) is 392 Å². The predicted molar refractivity (Wildman–Crippen MR) is 370 cm³/mol. The molecule has 15 rings (SSSR count). The second-order valence-corrected chi connectivity index (χ2v) is 22.5. The lowest BCUT2D eigenvalue weighted by molar-refractivity contribution is 0.769. The summed E-state index contributed by atoms with van der Waals surface area (Å²) in [7, 11) is 0. The maximum absolute atomic E-state index is 2.44. The number of hydrogen-bond acceptors (Lipinski definition) is 3. The Balaban J connectivity index is 0.903. The Morgan fingerprint density at radius 1 is 0.159 bits per heavy atom. The summed E-state index contributed by atoms with van der Waals surface area (Å²) in [6.45, 7) is 0. The predicted octanol–water partition coefficient (Wildman–Crippen LogP) is 23.1. The molecule has 0 fully saturated rings. The van der Waals surface area contributed by atoms with Crippen LogP contribution < -0.4 is 14.7 Å². The second-order valence-electron chi connectivity index (χ2n) is 22.5. The first-order valence-electron chi connectivity index (χ1n) is 30.2. The van der Waals surface area contributed by atoms with Crippen molar-refractivity contribution in [3.63, 3.8) is 0 Å². The van der Waals surface area contributed by atoms with E-state index in [0.717, 1.165) is 56.7 Å². The molecule has 3 nitrogen and oxygen atoms in total. The molecule has 0 bridgehead atoms. The Kier molecular flexibility index (Phi) is 14.2. The largest absolute Gasteiger partial charge is 0.310 e. The molecule has 0 unspecified atom stereocenters. The van der Waals surface area contributed by atoms with Crippen LogP contribution in [0.2, 0.25) is 0 Å². The van der Waals surface area contributed by atoms with Crippen LogP contribution in [0.1, 0.15) is 22.3 Å². The van der Waals surface area contributed by atoms with Crippen molar-refractivity contribution in [2.75, 3.05) is 14.7 Å². The summed E-state index contributed by atoms with van der Waals surface area (Å²) < 4.78 is 0. The number of fused-ring (bicyclic) bond motifs is 3. The van der Waals surface area contributed by atoms with Gasteiger partial charge >= 0.3 is 0 Å². The molecule has 0 aromatic heterocycles. The third kappa shape index (κ3) is 10.0. The fraction of sp³-hybridized carbons (Fsp3) is 0.0118. The van der Waals surface area contributed by atoms with E-state index >= 15 is 0 Å². The second kappa shape index (κ2) is 23.5. The van der Waals surface area contributed by atoms with Crippen LogP contribution in [-0.2, 0) is 5.41 Å². The van der Waals surface area contributed by atoms with E-state index in [9.17, 15) is 0 Å². The molecule has 0 N–H and O–H groups in total. The van der Waals surface area contributed by atoms with Gasteiger partial charge in [0.05, 0.1) is 5.41 Å². The summed E-state index contributed by atoms with van der Waals surface area (Å²) in [4.78, 5) is 7.16. The van der Waals surface area contributed by atoms with Gasteiger partial charge in [-0.15, -0.1) is 0 Å². The monoisotopic (exact) mass is 1120 g/mol. The normalized spacial score (nSPS) is 12.0. The maximum atomic E-state index is 2.44. The van der Waals surface area contributed by atoms with Crippen LogP contribution in [-0.4, -0.2) is 0 Å². The Morgan fingerprint density at radius 3 is 0.875 bits per heavy atom. The Morgan fingerprint density at radius 2 is 0.432 bits per heavy atom. The van der Waals surface area contributed by atoms with Gasteiger partial charge in [0.15, 0.2) is 0 Å². The number of nitrogens with zero attached hydrogens (tertiary/aromatic N) is 3. The van der Waals surface area contributed by atoms with Crippen LogP contribution in [0.5, 0.6) is 0 Å². The van der Waals surface area contributed by atoms with Gasteiger partial charge in [-0.25, -0.2) is 0 Å². The van der Waals surface area contributed by atoms with Gasteiger partial charge in [0.1, 0.15) is 0 Å². The number of para-hydroxylation sites is 3. The van der Waals surface area contributed by atoms with Crippen LogP contribution >= 0.6 is 0 Å². The minimum atomic E-state index is -0.637. The molecule has 14 aromatic rings. The smallest absolute Gasteiger partial charge is 0.0713 e. The Bertz CT molecular complexity index is 4560. The molecular weight excluding hydrogens is 1060 g/mol. The van der Waals surface area contributed by atoms with E-state index in [1.807, 2.05) is 0 Å². The minimum Gasteiger partial charge on any atom is -0.310 e. The first-order chi connectivity index (χ1) is 43.6. The highest BCUT2D eigenvalue weighted by molar-refractivity contribution is 5.92. The third-order valence-electron chi connectivity index (χ3n) is 17.3. The molecule has 14 aromatic carbocycles. The van der Waals surface area contributed by atoms with Crippen molar-refractivity contribution in [2.24, 2.45) is 0 Å². The highest BCUT2D eigenvalue weighted by Crippen LogP contribution is 2.58. The number of rotatable bonds is 15. The summed E-state index contributed by atoms with van der Waals surface area (Å²) >= 11 is 0. The Labute approximate surface area is 516 Å². The van der Waals surface area contributed by atoms with Gasteiger partial charge in [0.25, 0.3) is 0 Å². The standard InChI is InChI=1S/C85H61N3/c1-7-24-62(25-8-1)65-44-50-70(51-45-65)85(71-52-46-66(47-53-71)63-26-9-2-10-27-63)83-43-20-19-42-81(83)82-61-80(56-57-84(82)85)88(78-40-22-38-76(59-78)86(72-32-13-4-14-33-72)73-34-15-5-16-35-73)79-41-23-39-77(60-79)87(74-36-17-6-18-37-74)75-54-48-67(49-55-75)69-31-21-30-68(58-69)64-28-11-3-12-29-64/h1-61H. The van der Waals surface area contributed by atoms with Gasteiger partial charge in [-0.2, -0.15) is 0 Å². The van der Waals surface area contributed by atoms with E-state index in [2.05, 4.69) is 385 Å². The zero-order valence-corrected chi connectivity index (χ0v) is 48.6. The summed E-state index contributed by atoms with van der Waals surface area (Å²) in [5, 5.41) is 0. The molecule has 88 heavy (non-hydrogen) atoms. The minimum absolute atomic E-state index is 0.637. The molecule has 0 radical (unpaired) electrons. The van der Waals surface area contributed by atoms with Crippen LogP contribution in [0.4, 0.5) is 51.2 Å². The maximum Gasteiger partial charge on any atom is 0.0713 e. The zero-order valence-electron chi connectivity index (χ0n) is 48.6. The van der Waals surface area contributed by atoms with Crippen molar-refractivity contribution in [3.8, 4) is 55.6 Å². The summed E-state index contributed by atoms with van der Waals surface area (Å²) in [5.74, 6) is 0. The summed E-state index contributed by atoms with van der Waals surface area (Å²) in [6.07, 6.45) is 0. The molecule has 0 amide bonds. The van der Waals surface area contributed by atoms with Crippen molar-refractivity contribution in [2.45, 2.75) is 5.41 Å². The molecule has 0 heterocycles. The Hall–Kier alpha value is -11.5. The van der Waals surface area contributed by atoms with E-state index in [-0.39, 0.29) is 0 Å². The van der Waals surface area contributed by atoms with Crippen LogP contribution in [0, 0.1) is 0 Å². The average Bonchev–Trinajstić information content (AvgIpc) is 2.22. The number of anilines is 9. The van der Waals surface area contributed by atoms with Crippen LogP contribution in [0.15, 0.2) is 370 Å². The van der Waals surface area contributed by atoms with E-state index in [1.54, 1.807) is 0 Å². The van der Waals surface area contributed by atoms with Crippen molar-refractivity contribution < 1.29 is 0 Å². The fourth-order valence-electron chi connectivity index (χ4n) is 13.2. The lowest BCUT2D eigenvalue weighted by Crippen LogP contribution is -2.28. The van der Waals surface area contributed by atoms with Crippen molar-refractivity contribution in [1.29, 1.82) is 0 Å². The first kappa shape index (κ1) is 53.2. The van der Waals surface area contributed by atoms with Gasteiger partial charge in [-0.3, -0.25) is 0 Å². The fourth-order valence-corrected chi connectivity index (χ4v) is 13.2. The third-order valence-corrected chi connectivity index (χ3v) is 17.3. The topological polar surface area (TPSA) is 9.72 Å². The average molecular weight is 1120 g/mol. The first-order valence-corrected chi connectivity index (χ1v) is 30.2. The molecule has 0 saturated heterocycles. The van der Waals surface area contributed by atoms with E-state index in [0.29, 0.717) is 0 Å². The molecule has 0 atom stereocenters. The highest BCUT2D eigenvalue weighted by atomic mass is 15.2. The van der Waals surface area contributed by atoms with Crippen molar-refractivity contribution in [1.82, 2.24) is 0 Å². The number of hydrogen-bond donors (Lipinski definition) is 0. The van der Waals surface area contributed by atoms with Crippen LogP contribution in [0.3, 0.4) is 0 Å². The van der Waals surface area contributed by atoms with Crippen molar-refractivity contribution >= 4 is 51.2 Å². The highest BCUT2D eigenvalue weighted by Gasteiger charge is 2.46. The molecule has 0 spiro atoms. The molecule has 0 aliphatic heterocycles. The SMILES string of the molecule is c1ccc(-c2ccc(C3(c4ccc(-c5ccccc5)cc4)c4ccccc4-c4cc(N(c5cccc(N(c6ccccc6)c6ccccc6)c5)c5cccc(N(c6ccccc6)c6ccc(-c7cccc(-c8ccccc8)c7)cc6)c5)ccc43)cc2)cc1. The van der Waals surface area contributed by atoms with Gasteiger partial charge < -0.3 is 14.7 Å². The molecule has 1 aliphatic rings. The molecule has 3 heteroatoms. The molecular formula is C85H61N3. The van der Waals surface area contributed by atoms with E-state index < -0.39 is 5.41 Å². The summed E-state index contributed by atoms with van der Waals surface area (Å²) in [5.41, 5.74) is 25.6. The summed E-state index contributed by atoms with van der Waals surface area (Å²) in [6, 6.07) is 135. The van der Waals surface area contributed by atoms with Gasteiger partial charge in [-0.1, -0.05) is 267 Å². The zero-order chi connectivity index (χ0) is 58.6.